The van der Waals surface area contributed by atoms with Crippen molar-refractivity contribution in [2.24, 2.45) is 0 Å². The predicted octanol–water partition coefficient (Wildman–Crippen LogP) is 4.99. The summed E-state index contributed by atoms with van der Waals surface area (Å²) in [5, 5.41) is 0. The van der Waals surface area contributed by atoms with E-state index in [9.17, 15) is 13.2 Å². The molecule has 0 aromatic heterocycles. The first-order valence-electron chi connectivity index (χ1n) is 6.04. The summed E-state index contributed by atoms with van der Waals surface area (Å²) < 4.78 is 45.2. The highest BCUT2D eigenvalue weighted by Crippen LogP contribution is 2.34. The number of hydrogen-bond acceptors (Lipinski definition) is 1. The van der Waals surface area contributed by atoms with Crippen LogP contribution in [0.2, 0.25) is 0 Å². The van der Waals surface area contributed by atoms with Gasteiger partial charge >= 0.3 is 0 Å². The van der Waals surface area contributed by atoms with Gasteiger partial charge in [-0.2, -0.15) is 0 Å². The summed E-state index contributed by atoms with van der Waals surface area (Å²) in [5.41, 5.74) is 0.770. The first-order valence-corrected chi connectivity index (χ1v) is 6.96. The number of hydrogen-bond donors (Lipinski definition) is 0. The zero-order chi connectivity index (χ0) is 14.7. The van der Waals surface area contributed by atoms with Crippen molar-refractivity contribution in [3.8, 4) is 5.75 Å². The fourth-order valence-corrected chi connectivity index (χ4v) is 2.47. The van der Waals surface area contributed by atoms with E-state index in [1.165, 1.54) is 6.07 Å². The van der Waals surface area contributed by atoms with Gasteiger partial charge in [0.25, 0.3) is 0 Å². The molecule has 2 aromatic carbocycles. The summed E-state index contributed by atoms with van der Waals surface area (Å²) in [6.07, 6.45) is 0. The van der Waals surface area contributed by atoms with E-state index in [1.807, 2.05) is 6.92 Å². The zero-order valence-electron chi connectivity index (χ0n) is 10.7. The molecule has 0 N–H and O–H groups in total. The molecule has 0 radical (unpaired) electrons. The number of rotatable bonds is 4. The summed E-state index contributed by atoms with van der Waals surface area (Å²) in [6.45, 7) is 2.42. The first-order chi connectivity index (χ1) is 9.54. The third kappa shape index (κ3) is 2.98. The smallest absolute Gasteiger partial charge is 0.194 e. The van der Waals surface area contributed by atoms with Crippen LogP contribution < -0.4 is 4.74 Å². The normalized spacial score (nSPS) is 12.2. The lowest BCUT2D eigenvalue weighted by molar-refractivity contribution is 0.340. The Bertz CT molecular complexity index is 599. The second kappa shape index (κ2) is 6.31. The molecule has 106 valence electrons. The predicted molar refractivity (Wildman–Crippen MR) is 74.7 cm³/mol. The van der Waals surface area contributed by atoms with Gasteiger partial charge < -0.3 is 4.74 Å². The van der Waals surface area contributed by atoms with Gasteiger partial charge in [0.15, 0.2) is 17.5 Å². The van der Waals surface area contributed by atoms with Crippen molar-refractivity contribution in [3.63, 3.8) is 0 Å². The molecule has 2 rings (SSSR count). The topological polar surface area (TPSA) is 9.23 Å². The molecule has 0 saturated heterocycles. The molecular formula is C15H12BrF3O. The summed E-state index contributed by atoms with van der Waals surface area (Å²) in [5.74, 6) is -3.14. The summed E-state index contributed by atoms with van der Waals surface area (Å²) in [6, 6.07) is 9.10. The van der Waals surface area contributed by atoms with Crippen molar-refractivity contribution in [2.75, 3.05) is 6.61 Å². The van der Waals surface area contributed by atoms with Crippen LogP contribution in [0.3, 0.4) is 0 Å². The highest BCUT2D eigenvalue weighted by Gasteiger charge is 2.20. The molecule has 2 aromatic rings. The fraction of sp³-hybridized carbons (Fsp3) is 0.200. The molecule has 1 nitrogen and oxygen atoms in total. The second-order valence-electron chi connectivity index (χ2n) is 4.13. The summed E-state index contributed by atoms with van der Waals surface area (Å²) >= 11 is 3.30. The maximum Gasteiger partial charge on any atom is 0.194 e. The van der Waals surface area contributed by atoms with Crippen LogP contribution in [-0.4, -0.2) is 6.61 Å². The molecular weight excluding hydrogens is 333 g/mol. The van der Waals surface area contributed by atoms with Gasteiger partial charge in [-0.3, -0.25) is 0 Å². The highest BCUT2D eigenvalue weighted by molar-refractivity contribution is 9.09. The molecule has 0 aliphatic heterocycles. The van der Waals surface area contributed by atoms with Crippen molar-refractivity contribution in [3.05, 3.63) is 65.0 Å². The minimum atomic E-state index is -1.46. The van der Waals surface area contributed by atoms with E-state index in [0.29, 0.717) is 12.4 Å². The monoisotopic (exact) mass is 344 g/mol. The third-order valence-corrected chi connectivity index (χ3v) is 3.84. The molecule has 0 saturated carbocycles. The van der Waals surface area contributed by atoms with Gasteiger partial charge in [0.2, 0.25) is 0 Å². The van der Waals surface area contributed by atoms with Crippen molar-refractivity contribution in [1.82, 2.24) is 0 Å². The highest BCUT2D eigenvalue weighted by atomic mass is 79.9. The first kappa shape index (κ1) is 14.9. The number of ether oxygens (including phenoxy) is 1. The van der Waals surface area contributed by atoms with Crippen LogP contribution in [0.1, 0.15) is 22.9 Å². The van der Waals surface area contributed by atoms with E-state index in [0.717, 1.165) is 11.6 Å². The lowest BCUT2D eigenvalue weighted by atomic mass is 10.0. The van der Waals surface area contributed by atoms with Gasteiger partial charge in [-0.15, -0.1) is 0 Å². The van der Waals surface area contributed by atoms with Crippen molar-refractivity contribution in [1.29, 1.82) is 0 Å². The molecule has 1 atom stereocenters. The van der Waals surface area contributed by atoms with Crippen molar-refractivity contribution >= 4 is 15.9 Å². The summed E-state index contributed by atoms with van der Waals surface area (Å²) in [4.78, 5) is -0.562. The maximum absolute atomic E-state index is 13.7. The van der Waals surface area contributed by atoms with Gasteiger partial charge in [-0.25, -0.2) is 13.2 Å². The van der Waals surface area contributed by atoms with Crippen LogP contribution in [0.25, 0.3) is 0 Å². The van der Waals surface area contributed by atoms with E-state index < -0.39 is 22.3 Å². The third-order valence-electron chi connectivity index (χ3n) is 2.82. The van der Waals surface area contributed by atoms with Crippen LogP contribution >= 0.6 is 15.9 Å². The molecule has 0 spiro atoms. The number of alkyl halides is 1. The summed E-state index contributed by atoms with van der Waals surface area (Å²) in [7, 11) is 0. The van der Waals surface area contributed by atoms with Crippen molar-refractivity contribution < 1.29 is 17.9 Å². The van der Waals surface area contributed by atoms with E-state index in [2.05, 4.69) is 15.9 Å². The van der Waals surface area contributed by atoms with E-state index >= 15 is 0 Å². The van der Waals surface area contributed by atoms with Gasteiger partial charge in [0.1, 0.15) is 5.75 Å². The quantitative estimate of drug-likeness (QED) is 0.561. The average Bonchev–Trinajstić information content (AvgIpc) is 2.45. The van der Waals surface area contributed by atoms with Crippen LogP contribution in [0.15, 0.2) is 36.4 Å². The largest absolute Gasteiger partial charge is 0.494 e. The Morgan fingerprint density at radius 3 is 2.25 bits per heavy atom. The van der Waals surface area contributed by atoms with Crippen LogP contribution in [-0.2, 0) is 0 Å². The lowest BCUT2D eigenvalue weighted by Crippen LogP contribution is -2.01. The minimum Gasteiger partial charge on any atom is -0.494 e. The number of halogens is 4. The molecule has 0 aliphatic carbocycles. The molecule has 0 bridgehead atoms. The van der Waals surface area contributed by atoms with E-state index in [4.69, 9.17) is 4.74 Å². The Kier molecular flexibility index (Phi) is 4.70. The van der Waals surface area contributed by atoms with Gasteiger partial charge in [-0.1, -0.05) is 34.1 Å². The minimum absolute atomic E-state index is 0.0491. The molecule has 20 heavy (non-hydrogen) atoms. The van der Waals surface area contributed by atoms with Crippen LogP contribution in [0, 0.1) is 17.5 Å². The molecule has 1 unspecified atom stereocenters. The Morgan fingerprint density at radius 1 is 1.00 bits per heavy atom. The molecule has 0 aliphatic rings. The maximum atomic E-state index is 13.7. The van der Waals surface area contributed by atoms with E-state index in [1.54, 1.807) is 24.3 Å². The van der Waals surface area contributed by atoms with Gasteiger partial charge in [0, 0.05) is 5.56 Å². The second-order valence-corrected chi connectivity index (χ2v) is 5.04. The fourth-order valence-electron chi connectivity index (χ4n) is 1.82. The zero-order valence-corrected chi connectivity index (χ0v) is 12.3. The molecule has 0 fully saturated rings. The molecule has 0 heterocycles. The van der Waals surface area contributed by atoms with E-state index in [-0.39, 0.29) is 5.56 Å². The standard InChI is InChI=1S/C15H12BrF3O/c1-2-20-10-5-3-9(4-6-10)13(16)11-7-8-12(17)15(19)14(11)18/h3-8,13H,2H2,1H3. The SMILES string of the molecule is CCOc1ccc(C(Br)c2ccc(F)c(F)c2F)cc1. The van der Waals surface area contributed by atoms with Crippen LogP contribution in [0.5, 0.6) is 5.75 Å². The van der Waals surface area contributed by atoms with Crippen molar-refractivity contribution in [2.45, 2.75) is 11.8 Å². The Labute approximate surface area is 123 Å². The average molecular weight is 345 g/mol. The van der Waals surface area contributed by atoms with Crippen LogP contribution in [0.4, 0.5) is 13.2 Å². The lowest BCUT2D eigenvalue weighted by Gasteiger charge is -2.13. The van der Waals surface area contributed by atoms with Gasteiger partial charge in [0.05, 0.1) is 11.4 Å². The molecule has 5 heteroatoms. The number of benzene rings is 2. The Hall–Kier alpha value is -1.49. The Morgan fingerprint density at radius 2 is 1.65 bits per heavy atom. The van der Waals surface area contributed by atoms with Gasteiger partial charge in [-0.05, 0) is 30.7 Å². The molecule has 0 amide bonds. The Balaban J connectivity index is 2.31.